The van der Waals surface area contributed by atoms with Crippen LogP contribution in [0.3, 0.4) is 0 Å². The van der Waals surface area contributed by atoms with Crippen LogP contribution in [-0.4, -0.2) is 27.9 Å². The van der Waals surface area contributed by atoms with Crippen molar-refractivity contribution < 1.29 is 4.79 Å². The lowest BCUT2D eigenvalue weighted by molar-refractivity contribution is -0.114. The van der Waals surface area contributed by atoms with E-state index in [2.05, 4.69) is 15.4 Å². The number of amides is 1. The molecule has 0 radical (unpaired) electrons. The summed E-state index contributed by atoms with van der Waals surface area (Å²) in [6.07, 6.45) is 0. The van der Waals surface area contributed by atoms with Crippen molar-refractivity contribution in [2.45, 2.75) is 6.92 Å². The lowest BCUT2D eigenvalue weighted by Gasteiger charge is -2.08. The van der Waals surface area contributed by atoms with Crippen molar-refractivity contribution in [3.05, 3.63) is 46.1 Å². The number of hydrogen-bond donors (Lipinski definition) is 1. The minimum absolute atomic E-state index is 0.0781. The van der Waals surface area contributed by atoms with Crippen LogP contribution in [0.2, 0.25) is 5.02 Å². The van der Waals surface area contributed by atoms with E-state index in [1.165, 1.54) is 0 Å². The van der Waals surface area contributed by atoms with Gasteiger partial charge in [-0.2, -0.15) is 5.10 Å². The van der Waals surface area contributed by atoms with E-state index >= 15 is 0 Å². The van der Waals surface area contributed by atoms with Crippen molar-refractivity contribution in [3.8, 4) is 0 Å². The molecule has 0 saturated carbocycles. The minimum Gasteiger partial charge on any atom is -0.309 e. The molecule has 5 nitrogen and oxygen atoms in total. The van der Waals surface area contributed by atoms with E-state index < -0.39 is 0 Å². The summed E-state index contributed by atoms with van der Waals surface area (Å²) in [6.45, 7) is 1.97. The standard InChI is InChI=1S/C14H13ClN4O/c1-8-12-13(9-5-3-4-6-10(9)15)16-7-11(20)17-14(12)19(2)18-8/h3-6H,7H2,1-2H3,(H,17,20). The molecule has 1 aliphatic heterocycles. The number of aromatic nitrogens is 2. The maximum atomic E-state index is 11.8. The van der Waals surface area contributed by atoms with Gasteiger partial charge in [-0.05, 0) is 13.0 Å². The average molecular weight is 289 g/mol. The molecule has 2 aromatic rings. The van der Waals surface area contributed by atoms with Gasteiger partial charge in [0.15, 0.2) is 0 Å². The van der Waals surface area contributed by atoms with Gasteiger partial charge in [-0.3, -0.25) is 14.5 Å². The van der Waals surface area contributed by atoms with E-state index in [9.17, 15) is 4.79 Å². The third-order valence-electron chi connectivity index (χ3n) is 3.23. The summed E-state index contributed by atoms with van der Waals surface area (Å²) < 4.78 is 1.65. The van der Waals surface area contributed by atoms with E-state index in [-0.39, 0.29) is 12.5 Å². The van der Waals surface area contributed by atoms with Crippen molar-refractivity contribution in [1.82, 2.24) is 9.78 Å². The second-order valence-corrected chi connectivity index (χ2v) is 5.03. The lowest BCUT2D eigenvalue weighted by atomic mass is 10.0. The van der Waals surface area contributed by atoms with E-state index in [1.807, 2.05) is 31.2 Å². The maximum Gasteiger partial charge on any atom is 0.247 e. The Morgan fingerprint density at radius 1 is 1.35 bits per heavy atom. The van der Waals surface area contributed by atoms with E-state index in [1.54, 1.807) is 11.7 Å². The number of nitrogens with one attached hydrogen (secondary N) is 1. The normalized spacial score (nSPS) is 14.3. The zero-order valence-corrected chi connectivity index (χ0v) is 11.9. The van der Waals surface area contributed by atoms with Gasteiger partial charge in [0.2, 0.25) is 5.91 Å². The highest BCUT2D eigenvalue weighted by atomic mass is 35.5. The fourth-order valence-electron chi connectivity index (χ4n) is 2.36. The Labute approximate surface area is 121 Å². The molecule has 6 heteroatoms. The maximum absolute atomic E-state index is 11.8. The average Bonchev–Trinajstić information content (AvgIpc) is 2.60. The van der Waals surface area contributed by atoms with Gasteiger partial charge in [-0.15, -0.1) is 0 Å². The number of aryl methyl sites for hydroxylation is 2. The van der Waals surface area contributed by atoms with Crippen LogP contribution in [0.5, 0.6) is 0 Å². The molecule has 102 valence electrons. The quantitative estimate of drug-likeness (QED) is 0.874. The Morgan fingerprint density at radius 2 is 2.10 bits per heavy atom. The first kappa shape index (κ1) is 12.9. The number of carbonyl (C=O) groups excluding carboxylic acids is 1. The number of carbonyl (C=O) groups is 1. The highest BCUT2D eigenvalue weighted by Gasteiger charge is 2.25. The first-order valence-electron chi connectivity index (χ1n) is 6.21. The van der Waals surface area contributed by atoms with Gasteiger partial charge in [0.1, 0.15) is 12.4 Å². The topological polar surface area (TPSA) is 59.3 Å². The molecule has 1 aromatic carbocycles. The van der Waals surface area contributed by atoms with Gasteiger partial charge in [-0.25, -0.2) is 0 Å². The Morgan fingerprint density at radius 3 is 2.85 bits per heavy atom. The Balaban J connectivity index is 2.27. The molecule has 2 heterocycles. The molecule has 0 bridgehead atoms. The lowest BCUT2D eigenvalue weighted by Crippen LogP contribution is -2.16. The molecule has 1 aromatic heterocycles. The van der Waals surface area contributed by atoms with Gasteiger partial charge < -0.3 is 5.32 Å². The summed E-state index contributed by atoms with van der Waals surface area (Å²) in [4.78, 5) is 16.2. The summed E-state index contributed by atoms with van der Waals surface area (Å²) in [6, 6.07) is 7.47. The SMILES string of the molecule is Cc1nn(C)c2c1C(c1ccccc1Cl)=NCC(=O)N2. The number of aliphatic imine (C=N–C) groups is 1. The first-order chi connectivity index (χ1) is 9.58. The smallest absolute Gasteiger partial charge is 0.247 e. The summed E-state index contributed by atoms with van der Waals surface area (Å²) >= 11 is 6.26. The molecule has 0 spiro atoms. The molecular weight excluding hydrogens is 276 g/mol. The van der Waals surface area contributed by atoms with Gasteiger partial charge in [0, 0.05) is 17.6 Å². The van der Waals surface area contributed by atoms with Crippen molar-refractivity contribution in [3.63, 3.8) is 0 Å². The molecule has 0 unspecified atom stereocenters. The van der Waals surface area contributed by atoms with Crippen LogP contribution < -0.4 is 5.32 Å². The molecule has 0 atom stereocenters. The van der Waals surface area contributed by atoms with Gasteiger partial charge >= 0.3 is 0 Å². The monoisotopic (exact) mass is 288 g/mol. The van der Waals surface area contributed by atoms with Gasteiger partial charge in [0.25, 0.3) is 0 Å². The highest BCUT2D eigenvalue weighted by Crippen LogP contribution is 2.28. The second-order valence-electron chi connectivity index (χ2n) is 4.63. The molecule has 0 fully saturated rings. The number of benzene rings is 1. The van der Waals surface area contributed by atoms with Crippen LogP contribution >= 0.6 is 11.6 Å². The second kappa shape index (κ2) is 4.76. The van der Waals surface area contributed by atoms with Gasteiger partial charge in [-0.1, -0.05) is 29.8 Å². The van der Waals surface area contributed by atoms with Crippen LogP contribution in [0.1, 0.15) is 16.8 Å². The van der Waals surface area contributed by atoms with Crippen molar-refractivity contribution in [1.29, 1.82) is 0 Å². The van der Waals surface area contributed by atoms with Crippen LogP contribution in [0.15, 0.2) is 29.3 Å². The van der Waals surface area contributed by atoms with Crippen molar-refractivity contribution in [2.75, 3.05) is 11.9 Å². The Bertz CT molecular complexity index is 733. The fraction of sp³-hybridized carbons (Fsp3) is 0.214. The molecule has 0 saturated heterocycles. The molecule has 0 aliphatic carbocycles. The summed E-state index contributed by atoms with van der Waals surface area (Å²) in [7, 11) is 1.79. The van der Waals surface area contributed by atoms with Crippen LogP contribution in [0.4, 0.5) is 5.82 Å². The minimum atomic E-state index is -0.156. The van der Waals surface area contributed by atoms with E-state index in [0.717, 1.165) is 16.8 Å². The van der Waals surface area contributed by atoms with Crippen LogP contribution in [-0.2, 0) is 11.8 Å². The number of nitrogens with zero attached hydrogens (tertiary/aromatic N) is 3. The fourth-order valence-corrected chi connectivity index (χ4v) is 2.58. The summed E-state index contributed by atoms with van der Waals surface area (Å²) in [5.74, 6) is 0.500. The van der Waals surface area contributed by atoms with Crippen molar-refractivity contribution >= 4 is 29.0 Å². The molecule has 20 heavy (non-hydrogen) atoms. The molecule has 1 N–H and O–H groups in total. The highest BCUT2D eigenvalue weighted by molar-refractivity contribution is 6.36. The number of fused-ring (bicyclic) bond motifs is 1. The zero-order chi connectivity index (χ0) is 14.3. The van der Waals surface area contributed by atoms with E-state index in [0.29, 0.717) is 16.6 Å². The largest absolute Gasteiger partial charge is 0.309 e. The number of hydrogen-bond acceptors (Lipinski definition) is 3. The number of halogens is 1. The third kappa shape index (κ3) is 2.00. The zero-order valence-electron chi connectivity index (χ0n) is 11.1. The Hall–Kier alpha value is -2.14. The first-order valence-corrected chi connectivity index (χ1v) is 6.59. The summed E-state index contributed by atoms with van der Waals surface area (Å²) in [5.41, 5.74) is 3.15. The number of rotatable bonds is 1. The van der Waals surface area contributed by atoms with Crippen LogP contribution in [0.25, 0.3) is 0 Å². The molecule has 1 amide bonds. The molecular formula is C14H13ClN4O. The summed E-state index contributed by atoms with van der Waals surface area (Å²) in [5, 5.41) is 7.79. The third-order valence-corrected chi connectivity index (χ3v) is 3.56. The van der Waals surface area contributed by atoms with Gasteiger partial charge in [0.05, 0.1) is 17.0 Å². The predicted octanol–water partition coefficient (Wildman–Crippen LogP) is 2.17. The number of anilines is 1. The Kier molecular flexibility index (Phi) is 3.06. The van der Waals surface area contributed by atoms with Crippen LogP contribution in [0, 0.1) is 6.92 Å². The van der Waals surface area contributed by atoms with Crippen molar-refractivity contribution in [2.24, 2.45) is 12.0 Å². The van der Waals surface area contributed by atoms with E-state index in [4.69, 9.17) is 11.6 Å². The molecule has 3 rings (SSSR count). The predicted molar refractivity (Wildman–Crippen MR) is 78.5 cm³/mol. The molecule has 1 aliphatic rings.